The minimum absolute atomic E-state index is 0.0232. The van der Waals surface area contributed by atoms with Crippen molar-refractivity contribution >= 4 is 17.5 Å². The Bertz CT molecular complexity index is 604. The topological polar surface area (TPSA) is 38.1 Å². The van der Waals surface area contributed by atoms with Crippen molar-refractivity contribution in [1.29, 1.82) is 0 Å². The van der Waals surface area contributed by atoms with Crippen LogP contribution >= 0.6 is 11.6 Å². The Kier molecular flexibility index (Phi) is 4.45. The molecule has 0 spiro atoms. The van der Waals surface area contributed by atoms with Crippen LogP contribution in [0.1, 0.15) is 28.5 Å². The second kappa shape index (κ2) is 6.09. The average molecular weight is 292 g/mol. The number of halogens is 1. The first-order valence-electron chi connectivity index (χ1n) is 6.55. The van der Waals surface area contributed by atoms with E-state index in [0.29, 0.717) is 17.1 Å². The molecule has 1 aromatic carbocycles. The van der Waals surface area contributed by atoms with Gasteiger partial charge in [-0.1, -0.05) is 29.3 Å². The van der Waals surface area contributed by atoms with E-state index in [9.17, 15) is 4.79 Å². The Morgan fingerprint density at radius 3 is 2.60 bits per heavy atom. The SMILES string of the molecule is CCn1ncc(Cl)c1CN(C)C(=O)c1ccc(C)cc1. The summed E-state index contributed by atoms with van der Waals surface area (Å²) < 4.78 is 1.81. The summed E-state index contributed by atoms with van der Waals surface area (Å²) in [4.78, 5) is 14.0. The van der Waals surface area contributed by atoms with Crippen LogP contribution < -0.4 is 0 Å². The van der Waals surface area contributed by atoms with Crippen molar-refractivity contribution in [2.24, 2.45) is 0 Å². The Labute approximate surface area is 124 Å². The zero-order valence-corrected chi connectivity index (χ0v) is 12.7. The smallest absolute Gasteiger partial charge is 0.253 e. The van der Waals surface area contributed by atoms with E-state index < -0.39 is 0 Å². The lowest BCUT2D eigenvalue weighted by molar-refractivity contribution is 0.0781. The molecule has 0 unspecified atom stereocenters. The van der Waals surface area contributed by atoms with Crippen molar-refractivity contribution in [3.63, 3.8) is 0 Å². The molecule has 0 atom stereocenters. The van der Waals surface area contributed by atoms with Gasteiger partial charge in [0.15, 0.2) is 0 Å². The Hall–Kier alpha value is -1.81. The minimum atomic E-state index is -0.0232. The summed E-state index contributed by atoms with van der Waals surface area (Å²) in [6, 6.07) is 7.55. The lowest BCUT2D eigenvalue weighted by Gasteiger charge is -2.18. The van der Waals surface area contributed by atoms with Gasteiger partial charge in [0.2, 0.25) is 0 Å². The van der Waals surface area contributed by atoms with Gasteiger partial charge in [-0.25, -0.2) is 0 Å². The van der Waals surface area contributed by atoms with Crippen molar-refractivity contribution in [3.8, 4) is 0 Å². The molecule has 1 heterocycles. The zero-order chi connectivity index (χ0) is 14.7. The molecular weight excluding hydrogens is 274 g/mol. The maximum atomic E-state index is 12.3. The summed E-state index contributed by atoms with van der Waals surface area (Å²) in [6.45, 7) is 5.17. The lowest BCUT2D eigenvalue weighted by atomic mass is 10.1. The van der Waals surface area contributed by atoms with Crippen LogP contribution in [0.5, 0.6) is 0 Å². The van der Waals surface area contributed by atoms with Gasteiger partial charge < -0.3 is 4.90 Å². The second-order valence-electron chi connectivity index (χ2n) is 4.78. The van der Waals surface area contributed by atoms with Gasteiger partial charge in [0.25, 0.3) is 5.91 Å². The average Bonchev–Trinajstić information content (AvgIpc) is 2.79. The van der Waals surface area contributed by atoms with Gasteiger partial charge in [0.1, 0.15) is 0 Å². The van der Waals surface area contributed by atoms with E-state index in [1.807, 2.05) is 38.1 Å². The van der Waals surface area contributed by atoms with Crippen LogP contribution in [-0.2, 0) is 13.1 Å². The molecule has 0 radical (unpaired) electrons. The monoisotopic (exact) mass is 291 g/mol. The van der Waals surface area contributed by atoms with E-state index in [1.165, 1.54) is 0 Å². The molecule has 0 saturated heterocycles. The van der Waals surface area contributed by atoms with Crippen LogP contribution in [0.3, 0.4) is 0 Å². The number of hydrogen-bond donors (Lipinski definition) is 0. The van der Waals surface area contributed by atoms with E-state index in [0.717, 1.165) is 17.8 Å². The van der Waals surface area contributed by atoms with E-state index in [-0.39, 0.29) is 5.91 Å². The highest BCUT2D eigenvalue weighted by atomic mass is 35.5. The van der Waals surface area contributed by atoms with Gasteiger partial charge in [0.05, 0.1) is 23.5 Å². The summed E-state index contributed by atoms with van der Waals surface area (Å²) in [5.41, 5.74) is 2.67. The van der Waals surface area contributed by atoms with E-state index in [4.69, 9.17) is 11.6 Å². The van der Waals surface area contributed by atoms with E-state index in [1.54, 1.807) is 22.8 Å². The van der Waals surface area contributed by atoms with Crippen LogP contribution in [0, 0.1) is 6.92 Å². The van der Waals surface area contributed by atoms with Crippen molar-refractivity contribution in [2.45, 2.75) is 26.9 Å². The number of aromatic nitrogens is 2. The quantitative estimate of drug-likeness (QED) is 0.868. The molecule has 0 saturated carbocycles. The second-order valence-corrected chi connectivity index (χ2v) is 5.19. The number of benzene rings is 1. The molecule has 0 aliphatic carbocycles. The largest absolute Gasteiger partial charge is 0.336 e. The van der Waals surface area contributed by atoms with Crippen LogP contribution in [0.2, 0.25) is 5.02 Å². The summed E-state index contributed by atoms with van der Waals surface area (Å²) in [5.74, 6) is -0.0232. The molecule has 0 aliphatic heterocycles. The third kappa shape index (κ3) is 3.02. The molecule has 0 fully saturated rings. The van der Waals surface area contributed by atoms with Crippen LogP contribution in [0.25, 0.3) is 0 Å². The van der Waals surface area contributed by atoms with Crippen molar-refractivity contribution in [1.82, 2.24) is 14.7 Å². The van der Waals surface area contributed by atoms with Crippen molar-refractivity contribution in [3.05, 3.63) is 52.3 Å². The molecule has 4 nitrogen and oxygen atoms in total. The number of carbonyl (C=O) groups is 1. The number of carbonyl (C=O) groups excluding carboxylic acids is 1. The van der Waals surface area contributed by atoms with Crippen LogP contribution in [0.4, 0.5) is 0 Å². The minimum Gasteiger partial charge on any atom is -0.336 e. The first-order valence-corrected chi connectivity index (χ1v) is 6.93. The summed E-state index contributed by atoms with van der Waals surface area (Å²) in [5, 5.41) is 4.77. The number of aryl methyl sites for hydroxylation is 2. The van der Waals surface area contributed by atoms with E-state index >= 15 is 0 Å². The highest BCUT2D eigenvalue weighted by Gasteiger charge is 2.16. The zero-order valence-electron chi connectivity index (χ0n) is 11.9. The normalized spacial score (nSPS) is 10.6. The first-order chi connectivity index (χ1) is 9.52. The Morgan fingerprint density at radius 1 is 1.35 bits per heavy atom. The summed E-state index contributed by atoms with van der Waals surface area (Å²) in [6.07, 6.45) is 1.62. The van der Waals surface area contributed by atoms with Gasteiger partial charge in [0, 0.05) is 19.2 Å². The van der Waals surface area contributed by atoms with Gasteiger partial charge in [-0.2, -0.15) is 5.10 Å². The molecule has 106 valence electrons. The number of amides is 1. The van der Waals surface area contributed by atoms with Crippen molar-refractivity contribution < 1.29 is 4.79 Å². The van der Waals surface area contributed by atoms with Gasteiger partial charge in [-0.3, -0.25) is 9.48 Å². The van der Waals surface area contributed by atoms with Crippen molar-refractivity contribution in [2.75, 3.05) is 7.05 Å². The molecule has 0 bridgehead atoms. The maximum absolute atomic E-state index is 12.3. The maximum Gasteiger partial charge on any atom is 0.253 e. The fourth-order valence-corrected chi connectivity index (χ4v) is 2.23. The van der Waals surface area contributed by atoms with E-state index in [2.05, 4.69) is 5.10 Å². The standard InChI is InChI=1S/C15H18ClN3O/c1-4-19-14(13(16)9-17-19)10-18(3)15(20)12-7-5-11(2)6-8-12/h5-9H,4,10H2,1-3H3. The molecule has 1 aromatic heterocycles. The van der Waals surface area contributed by atoms with Gasteiger partial charge in [-0.05, 0) is 26.0 Å². The first kappa shape index (κ1) is 14.6. The highest BCUT2D eigenvalue weighted by Crippen LogP contribution is 2.18. The molecule has 1 amide bonds. The number of hydrogen-bond acceptors (Lipinski definition) is 2. The Balaban J connectivity index is 2.15. The predicted octanol–water partition coefficient (Wildman–Crippen LogP) is 3.14. The molecule has 2 aromatic rings. The summed E-state index contributed by atoms with van der Waals surface area (Å²) >= 11 is 6.12. The summed E-state index contributed by atoms with van der Waals surface area (Å²) in [7, 11) is 1.77. The fourth-order valence-electron chi connectivity index (χ4n) is 2.03. The molecule has 0 N–H and O–H groups in total. The van der Waals surface area contributed by atoms with Crippen LogP contribution in [-0.4, -0.2) is 27.6 Å². The predicted molar refractivity (Wildman–Crippen MR) is 79.9 cm³/mol. The molecular formula is C15H18ClN3O. The highest BCUT2D eigenvalue weighted by molar-refractivity contribution is 6.31. The molecule has 0 aliphatic rings. The van der Waals surface area contributed by atoms with Crippen LogP contribution in [0.15, 0.2) is 30.5 Å². The third-order valence-corrected chi connectivity index (χ3v) is 3.55. The number of rotatable bonds is 4. The third-order valence-electron chi connectivity index (χ3n) is 3.23. The van der Waals surface area contributed by atoms with Gasteiger partial charge in [-0.15, -0.1) is 0 Å². The molecule has 20 heavy (non-hydrogen) atoms. The van der Waals surface area contributed by atoms with Gasteiger partial charge >= 0.3 is 0 Å². The fraction of sp³-hybridized carbons (Fsp3) is 0.333. The Morgan fingerprint density at radius 2 is 2.00 bits per heavy atom. The molecule has 5 heteroatoms. The number of nitrogens with zero attached hydrogens (tertiary/aromatic N) is 3. The molecule has 2 rings (SSSR count). The lowest BCUT2D eigenvalue weighted by Crippen LogP contribution is -2.27.